The van der Waals surface area contributed by atoms with Crippen molar-refractivity contribution < 1.29 is 9.47 Å². The highest BCUT2D eigenvalue weighted by Crippen LogP contribution is 2.33. The fourth-order valence-electron chi connectivity index (χ4n) is 4.42. The van der Waals surface area contributed by atoms with Crippen LogP contribution in [-0.2, 0) is 0 Å². The molecule has 2 rings (SSSR count). The van der Waals surface area contributed by atoms with Crippen LogP contribution in [0.3, 0.4) is 0 Å². The molecule has 0 unspecified atom stereocenters. The van der Waals surface area contributed by atoms with Crippen molar-refractivity contribution in [1.29, 1.82) is 0 Å². The molecule has 9 heteroatoms. The van der Waals surface area contributed by atoms with Gasteiger partial charge in [0.1, 0.15) is 24.7 Å². The van der Waals surface area contributed by atoms with Crippen LogP contribution in [-0.4, -0.2) is 85.8 Å². The standard InChI is InChI=1S/C30H42Cl4N2O2.ClH/c1-3-29(25-5-9-27(10-6-25)37-23-21-35(17-13-31)18-14-32)30(4-2)26-7-11-28(12-8-26)38-24-22-36(19-15-33)20-16-34;/h5-12H,3-4,13-24H2,1-2H3;1H/b30-29-;. The molecule has 0 fully saturated rings. The first-order valence-electron chi connectivity index (χ1n) is 13.5. The lowest BCUT2D eigenvalue weighted by Crippen LogP contribution is -2.32. The van der Waals surface area contributed by atoms with E-state index in [9.17, 15) is 0 Å². The number of benzene rings is 2. The van der Waals surface area contributed by atoms with Crippen molar-refractivity contribution in [2.75, 3.05) is 76.0 Å². The van der Waals surface area contributed by atoms with Crippen molar-refractivity contribution in [3.8, 4) is 11.5 Å². The Hall–Kier alpha value is -0.850. The Morgan fingerprint density at radius 1 is 0.538 bits per heavy atom. The summed E-state index contributed by atoms with van der Waals surface area (Å²) in [4.78, 5) is 4.43. The summed E-state index contributed by atoms with van der Waals surface area (Å²) in [6.07, 6.45) is 1.90. The van der Waals surface area contributed by atoms with Gasteiger partial charge in [-0.25, -0.2) is 0 Å². The van der Waals surface area contributed by atoms with E-state index in [1.54, 1.807) is 0 Å². The van der Waals surface area contributed by atoms with Crippen molar-refractivity contribution in [3.63, 3.8) is 0 Å². The van der Waals surface area contributed by atoms with Gasteiger partial charge in [0, 0.05) is 62.8 Å². The third kappa shape index (κ3) is 13.1. The second kappa shape index (κ2) is 21.8. The molecule has 0 aliphatic rings. The number of hydrogen-bond acceptors (Lipinski definition) is 4. The summed E-state index contributed by atoms with van der Waals surface area (Å²) in [6, 6.07) is 16.9. The maximum Gasteiger partial charge on any atom is 0.119 e. The molecule has 2 aromatic carbocycles. The van der Waals surface area contributed by atoms with Gasteiger partial charge in [0.2, 0.25) is 0 Å². The molecule has 0 amide bonds. The number of nitrogens with zero attached hydrogens (tertiary/aromatic N) is 2. The average Bonchev–Trinajstić information content (AvgIpc) is 2.93. The van der Waals surface area contributed by atoms with Crippen LogP contribution in [0, 0.1) is 0 Å². The predicted molar refractivity (Wildman–Crippen MR) is 174 cm³/mol. The molecule has 2 aromatic rings. The van der Waals surface area contributed by atoms with E-state index >= 15 is 0 Å². The SMILES string of the molecule is CC/C(=C(\CC)c1ccc(OCCN(CCCl)CCCl)cc1)c1ccc(OCCN(CCCl)CCCl)cc1.Cl. The van der Waals surface area contributed by atoms with Gasteiger partial charge in [-0.2, -0.15) is 0 Å². The maximum atomic E-state index is 5.98. The molecule has 220 valence electrons. The zero-order valence-electron chi connectivity index (χ0n) is 23.1. The summed E-state index contributed by atoms with van der Waals surface area (Å²) in [5.74, 6) is 4.12. The third-order valence-electron chi connectivity index (χ3n) is 6.43. The Balaban J connectivity index is 0.00000760. The molecule has 0 N–H and O–H groups in total. The van der Waals surface area contributed by atoms with Crippen LogP contribution >= 0.6 is 58.8 Å². The largest absolute Gasteiger partial charge is 0.492 e. The molecule has 0 saturated carbocycles. The minimum atomic E-state index is 0. The van der Waals surface area contributed by atoms with E-state index in [2.05, 4.69) is 72.2 Å². The van der Waals surface area contributed by atoms with Gasteiger partial charge in [-0.1, -0.05) is 38.1 Å². The molecule has 0 saturated heterocycles. The highest BCUT2D eigenvalue weighted by atomic mass is 35.5. The Morgan fingerprint density at radius 2 is 0.846 bits per heavy atom. The van der Waals surface area contributed by atoms with Gasteiger partial charge < -0.3 is 9.47 Å². The lowest BCUT2D eigenvalue weighted by molar-refractivity contribution is 0.224. The van der Waals surface area contributed by atoms with Gasteiger partial charge in [-0.15, -0.1) is 58.8 Å². The normalized spacial score (nSPS) is 11.9. The lowest BCUT2D eigenvalue weighted by atomic mass is 9.91. The van der Waals surface area contributed by atoms with E-state index in [-0.39, 0.29) is 12.4 Å². The predicted octanol–water partition coefficient (Wildman–Crippen LogP) is 8.16. The molecule has 0 heterocycles. The third-order valence-corrected chi connectivity index (χ3v) is 7.11. The van der Waals surface area contributed by atoms with E-state index in [0.717, 1.165) is 63.6 Å². The number of allylic oxidation sites excluding steroid dienone is 2. The van der Waals surface area contributed by atoms with E-state index in [1.807, 2.05) is 0 Å². The van der Waals surface area contributed by atoms with Crippen LogP contribution in [0.25, 0.3) is 11.1 Å². The van der Waals surface area contributed by atoms with Crippen LogP contribution in [0.4, 0.5) is 0 Å². The molecule has 0 aromatic heterocycles. The molecule has 4 nitrogen and oxygen atoms in total. The molecule has 0 aliphatic carbocycles. The number of rotatable bonds is 20. The zero-order valence-corrected chi connectivity index (χ0v) is 27.0. The fraction of sp³-hybridized carbons (Fsp3) is 0.533. The van der Waals surface area contributed by atoms with Crippen LogP contribution in [0.15, 0.2) is 48.5 Å². The summed E-state index contributed by atoms with van der Waals surface area (Å²) in [5.41, 5.74) is 5.14. The minimum absolute atomic E-state index is 0. The van der Waals surface area contributed by atoms with Crippen LogP contribution in [0.2, 0.25) is 0 Å². The number of hydrogen-bond donors (Lipinski definition) is 0. The smallest absolute Gasteiger partial charge is 0.119 e. The van der Waals surface area contributed by atoms with Gasteiger partial charge in [-0.05, 0) is 59.4 Å². The quantitative estimate of drug-likeness (QED) is 0.108. The molecular weight excluding hydrogens is 598 g/mol. The van der Waals surface area contributed by atoms with Crippen molar-refractivity contribution in [3.05, 3.63) is 59.7 Å². The first-order chi connectivity index (χ1) is 18.6. The number of ether oxygens (including phenoxy) is 2. The molecule has 0 atom stereocenters. The van der Waals surface area contributed by atoms with Gasteiger partial charge >= 0.3 is 0 Å². The van der Waals surface area contributed by atoms with Crippen molar-refractivity contribution in [2.24, 2.45) is 0 Å². The van der Waals surface area contributed by atoms with Crippen molar-refractivity contribution >= 4 is 70.0 Å². The van der Waals surface area contributed by atoms with E-state index in [1.165, 1.54) is 22.3 Å². The van der Waals surface area contributed by atoms with Gasteiger partial charge in [0.05, 0.1) is 0 Å². The molecule has 0 radical (unpaired) electrons. The number of halogens is 5. The Kier molecular flexibility index (Phi) is 20.3. The second-order valence-electron chi connectivity index (χ2n) is 8.85. The molecule has 39 heavy (non-hydrogen) atoms. The van der Waals surface area contributed by atoms with E-state index in [4.69, 9.17) is 55.9 Å². The Labute approximate surface area is 261 Å². The summed E-state index contributed by atoms with van der Waals surface area (Å²) in [7, 11) is 0. The molecular formula is C30H43Cl5N2O2. The summed E-state index contributed by atoms with van der Waals surface area (Å²) in [5, 5.41) is 0. The topological polar surface area (TPSA) is 24.9 Å². The van der Waals surface area contributed by atoms with E-state index < -0.39 is 0 Å². The average molecular weight is 641 g/mol. The molecule has 0 bridgehead atoms. The summed E-state index contributed by atoms with van der Waals surface area (Å²) >= 11 is 23.5. The van der Waals surface area contributed by atoms with Crippen molar-refractivity contribution in [1.82, 2.24) is 9.80 Å². The Bertz CT molecular complexity index is 838. The van der Waals surface area contributed by atoms with Gasteiger partial charge in [-0.3, -0.25) is 9.80 Å². The highest BCUT2D eigenvalue weighted by molar-refractivity contribution is 6.18. The summed E-state index contributed by atoms with van der Waals surface area (Å²) in [6.45, 7) is 10.5. The highest BCUT2D eigenvalue weighted by Gasteiger charge is 2.11. The van der Waals surface area contributed by atoms with Gasteiger partial charge in [0.25, 0.3) is 0 Å². The fourth-order valence-corrected chi connectivity index (χ4v) is 5.38. The first kappa shape index (κ1) is 36.2. The molecule has 0 aliphatic heterocycles. The minimum Gasteiger partial charge on any atom is -0.492 e. The van der Waals surface area contributed by atoms with Crippen LogP contribution in [0.1, 0.15) is 37.8 Å². The lowest BCUT2D eigenvalue weighted by Gasteiger charge is -2.20. The maximum absolute atomic E-state index is 5.98. The zero-order chi connectivity index (χ0) is 27.6. The molecule has 0 spiro atoms. The summed E-state index contributed by atoms with van der Waals surface area (Å²) < 4.78 is 12.0. The monoisotopic (exact) mass is 638 g/mol. The Morgan fingerprint density at radius 3 is 1.10 bits per heavy atom. The van der Waals surface area contributed by atoms with Crippen molar-refractivity contribution in [2.45, 2.75) is 26.7 Å². The number of alkyl halides is 4. The van der Waals surface area contributed by atoms with Crippen LogP contribution in [0.5, 0.6) is 11.5 Å². The van der Waals surface area contributed by atoms with Gasteiger partial charge in [0.15, 0.2) is 0 Å². The van der Waals surface area contributed by atoms with Crippen LogP contribution < -0.4 is 9.47 Å². The first-order valence-corrected chi connectivity index (χ1v) is 15.6. The van der Waals surface area contributed by atoms with E-state index in [0.29, 0.717) is 36.7 Å². The second-order valence-corrected chi connectivity index (χ2v) is 10.4.